The molecule has 2 fully saturated rings. The minimum Gasteiger partial charge on any atom is -0.497 e. The number of hydrogen-bond acceptors (Lipinski definition) is 10. The molecule has 0 bridgehead atoms. The van der Waals surface area contributed by atoms with Gasteiger partial charge in [-0.15, -0.1) is 0 Å². The first-order valence-corrected chi connectivity index (χ1v) is 17.3. The summed E-state index contributed by atoms with van der Waals surface area (Å²) < 4.78 is 17.7. The van der Waals surface area contributed by atoms with E-state index in [0.29, 0.717) is 23.1 Å². The molecular formula is C34H48N6O6S. The monoisotopic (exact) mass is 668 g/mol. The summed E-state index contributed by atoms with van der Waals surface area (Å²) in [6.07, 6.45) is 2.55. The molecule has 3 amide bonds. The van der Waals surface area contributed by atoms with Crippen molar-refractivity contribution in [3.05, 3.63) is 35.4 Å². The first-order chi connectivity index (χ1) is 22.2. The summed E-state index contributed by atoms with van der Waals surface area (Å²) in [5.41, 5.74) is 7.58. The van der Waals surface area contributed by atoms with E-state index in [4.69, 9.17) is 24.9 Å². The standard InChI is InChI=1S/C34H48N6O6S/c1-19(2)36-32-39(6)27(18-47-32)25-16-28(23-13-12-21(44-7)14-24(23)37-25)45-22-15-26(30(35)41)40(17-22)31(42)29(34(3,4)5)38-33(43)46-20-10-8-9-11-20/h12-14,16,18-20,22,26,29,32,36H,8-11,15,17H2,1-7H3,(H2,35,41)(H,38,43)/t22-,26+,29-,32?/m1/s1. The highest BCUT2D eigenvalue weighted by atomic mass is 32.2. The zero-order valence-electron chi connectivity index (χ0n) is 28.4. The molecule has 0 radical (unpaired) electrons. The van der Waals surface area contributed by atoms with Gasteiger partial charge < -0.3 is 35.1 Å². The Morgan fingerprint density at radius 3 is 2.47 bits per heavy atom. The molecule has 2 aliphatic heterocycles. The molecule has 5 rings (SSSR count). The quantitative estimate of drug-likeness (QED) is 0.332. The normalized spacial score (nSPS) is 22.5. The second-order valence-corrected chi connectivity index (χ2v) is 14.9. The van der Waals surface area contributed by atoms with Gasteiger partial charge >= 0.3 is 6.09 Å². The largest absolute Gasteiger partial charge is 0.497 e. The van der Waals surface area contributed by atoms with E-state index in [1.807, 2.05) is 52.1 Å². The maximum absolute atomic E-state index is 14.1. The molecule has 3 heterocycles. The predicted octanol–water partition coefficient (Wildman–Crippen LogP) is 4.42. The SMILES string of the molecule is COc1ccc2c(O[C@@H]3C[C@@H](C(N)=O)N(C(=O)[C@@H](NC(=O)OC4CCCC4)C(C)(C)C)C3)cc(C3=CSC(NC(C)C)N3C)nc2c1. The van der Waals surface area contributed by atoms with Crippen molar-refractivity contribution in [2.75, 3.05) is 20.7 Å². The molecule has 256 valence electrons. The first kappa shape index (κ1) is 34.6. The lowest BCUT2D eigenvalue weighted by atomic mass is 9.85. The van der Waals surface area contributed by atoms with E-state index in [2.05, 4.69) is 34.8 Å². The number of likely N-dealkylation sites (tertiary alicyclic amines) is 1. The minimum absolute atomic E-state index is 0.0581. The number of ether oxygens (including phenoxy) is 3. The summed E-state index contributed by atoms with van der Waals surface area (Å²) in [6, 6.07) is 5.96. The van der Waals surface area contributed by atoms with Crippen LogP contribution in [-0.2, 0) is 14.3 Å². The Labute approximate surface area is 281 Å². The van der Waals surface area contributed by atoms with Crippen LogP contribution in [0.4, 0.5) is 4.79 Å². The summed E-state index contributed by atoms with van der Waals surface area (Å²) >= 11 is 1.67. The van der Waals surface area contributed by atoms with Crippen molar-refractivity contribution in [2.45, 2.75) is 103 Å². The average molecular weight is 669 g/mol. The highest BCUT2D eigenvalue weighted by Crippen LogP contribution is 2.38. The van der Waals surface area contributed by atoms with Crippen LogP contribution in [0.2, 0.25) is 0 Å². The highest BCUT2D eigenvalue weighted by Gasteiger charge is 2.45. The summed E-state index contributed by atoms with van der Waals surface area (Å²) in [4.78, 5) is 48.2. The summed E-state index contributed by atoms with van der Waals surface area (Å²) in [7, 11) is 3.63. The first-order valence-electron chi connectivity index (χ1n) is 16.3. The highest BCUT2D eigenvalue weighted by molar-refractivity contribution is 8.03. The van der Waals surface area contributed by atoms with Gasteiger partial charge in [-0.25, -0.2) is 9.78 Å². The Bertz CT molecular complexity index is 1520. The lowest BCUT2D eigenvalue weighted by molar-refractivity contribution is -0.141. The molecular weight excluding hydrogens is 620 g/mol. The number of carbonyl (C=O) groups is 3. The molecule has 12 nitrogen and oxygen atoms in total. The zero-order chi connectivity index (χ0) is 34.0. The van der Waals surface area contributed by atoms with Crippen LogP contribution in [0.1, 0.15) is 72.4 Å². The predicted molar refractivity (Wildman–Crippen MR) is 183 cm³/mol. The number of nitrogens with two attached hydrogens (primary N) is 1. The fraction of sp³-hybridized carbons (Fsp3) is 0.588. The lowest BCUT2D eigenvalue weighted by Crippen LogP contribution is -2.57. The number of thioether (sulfide) groups is 1. The number of carbonyl (C=O) groups excluding carboxylic acids is 3. The van der Waals surface area contributed by atoms with Crippen LogP contribution in [0.5, 0.6) is 11.5 Å². The average Bonchev–Trinajstić information content (AvgIpc) is 3.75. The third-order valence-corrected chi connectivity index (χ3v) is 9.95. The number of alkyl carbamates (subject to hydrolysis) is 1. The van der Waals surface area contributed by atoms with Gasteiger partial charge in [0.2, 0.25) is 11.8 Å². The summed E-state index contributed by atoms with van der Waals surface area (Å²) in [5, 5.41) is 9.18. The maximum Gasteiger partial charge on any atom is 0.408 e. The number of nitrogens with zero attached hydrogens (tertiary/aromatic N) is 3. The van der Waals surface area contributed by atoms with Gasteiger partial charge in [0, 0.05) is 37.0 Å². The number of rotatable bonds is 10. The van der Waals surface area contributed by atoms with Gasteiger partial charge in [-0.05, 0) is 62.5 Å². The van der Waals surface area contributed by atoms with Crippen molar-refractivity contribution in [1.82, 2.24) is 25.4 Å². The van der Waals surface area contributed by atoms with Crippen molar-refractivity contribution in [2.24, 2.45) is 11.1 Å². The molecule has 13 heteroatoms. The number of hydrogen-bond donors (Lipinski definition) is 3. The number of nitrogens with one attached hydrogen (secondary N) is 2. The molecule has 1 aromatic carbocycles. The Morgan fingerprint density at radius 1 is 1.11 bits per heavy atom. The minimum atomic E-state index is -0.937. The molecule has 2 aromatic rings. The van der Waals surface area contributed by atoms with Gasteiger partial charge in [0.05, 0.1) is 30.6 Å². The number of pyridine rings is 1. The topological polar surface area (TPSA) is 148 Å². The Hall–Kier alpha value is -3.71. The molecule has 47 heavy (non-hydrogen) atoms. The van der Waals surface area contributed by atoms with Crippen molar-refractivity contribution in [3.63, 3.8) is 0 Å². The molecule has 3 aliphatic rings. The molecule has 1 saturated carbocycles. The Morgan fingerprint density at radius 2 is 1.83 bits per heavy atom. The number of fused-ring (bicyclic) bond motifs is 1. The number of amides is 3. The van der Waals surface area contributed by atoms with E-state index in [1.54, 1.807) is 18.9 Å². The maximum atomic E-state index is 14.1. The van der Waals surface area contributed by atoms with Crippen LogP contribution in [0, 0.1) is 5.41 Å². The smallest absolute Gasteiger partial charge is 0.408 e. The van der Waals surface area contributed by atoms with E-state index < -0.39 is 41.5 Å². The van der Waals surface area contributed by atoms with Crippen molar-refractivity contribution in [1.29, 1.82) is 0 Å². The fourth-order valence-electron chi connectivity index (χ4n) is 6.34. The molecule has 1 unspecified atom stereocenters. The van der Waals surface area contributed by atoms with Crippen LogP contribution in [0.15, 0.2) is 29.7 Å². The molecule has 0 spiro atoms. The van der Waals surface area contributed by atoms with Gasteiger partial charge in [-0.3, -0.25) is 14.9 Å². The Balaban J connectivity index is 1.40. The van der Waals surface area contributed by atoms with Gasteiger partial charge in [0.15, 0.2) is 0 Å². The van der Waals surface area contributed by atoms with Crippen molar-refractivity contribution in [3.8, 4) is 11.5 Å². The van der Waals surface area contributed by atoms with Gasteiger partial charge in [-0.2, -0.15) is 0 Å². The summed E-state index contributed by atoms with van der Waals surface area (Å²) in [5.74, 6) is 0.197. The third-order valence-electron chi connectivity index (χ3n) is 8.88. The van der Waals surface area contributed by atoms with Crippen LogP contribution < -0.4 is 25.8 Å². The number of methoxy groups -OCH3 is 1. The summed E-state index contributed by atoms with van der Waals surface area (Å²) in [6.45, 7) is 9.92. The third kappa shape index (κ3) is 7.89. The Kier molecular flexibility index (Phi) is 10.4. The van der Waals surface area contributed by atoms with E-state index in [9.17, 15) is 14.4 Å². The van der Waals surface area contributed by atoms with E-state index >= 15 is 0 Å². The van der Waals surface area contributed by atoms with Gasteiger partial charge in [0.25, 0.3) is 0 Å². The van der Waals surface area contributed by atoms with Crippen LogP contribution in [0.25, 0.3) is 16.6 Å². The van der Waals surface area contributed by atoms with E-state index in [1.165, 1.54) is 4.90 Å². The van der Waals surface area contributed by atoms with Crippen molar-refractivity contribution >= 4 is 46.3 Å². The zero-order valence-corrected chi connectivity index (χ0v) is 29.2. The molecule has 4 atom stereocenters. The molecule has 1 aliphatic carbocycles. The second kappa shape index (κ2) is 14.2. The van der Waals surface area contributed by atoms with Crippen LogP contribution >= 0.6 is 11.8 Å². The number of benzene rings is 1. The van der Waals surface area contributed by atoms with Gasteiger partial charge in [-0.1, -0.05) is 32.5 Å². The molecule has 1 aromatic heterocycles. The fourth-order valence-corrected chi connectivity index (χ4v) is 7.53. The van der Waals surface area contributed by atoms with Gasteiger partial charge in [0.1, 0.15) is 41.3 Å². The van der Waals surface area contributed by atoms with Crippen molar-refractivity contribution < 1.29 is 28.6 Å². The van der Waals surface area contributed by atoms with E-state index in [0.717, 1.165) is 42.5 Å². The number of aromatic nitrogens is 1. The van der Waals surface area contributed by atoms with Crippen LogP contribution in [-0.4, -0.2) is 89.2 Å². The molecule has 1 saturated heterocycles. The van der Waals surface area contributed by atoms with Crippen LogP contribution in [0.3, 0.4) is 0 Å². The van der Waals surface area contributed by atoms with E-state index in [-0.39, 0.29) is 24.6 Å². The molecule has 4 N–H and O–H groups in total. The second-order valence-electron chi connectivity index (χ2n) is 14.0. The lowest BCUT2D eigenvalue weighted by Gasteiger charge is -2.34. The number of primary amides is 1.